The molecule has 5 heteroatoms. The zero-order chi connectivity index (χ0) is 12.3. The van der Waals surface area contributed by atoms with Gasteiger partial charge in [0.15, 0.2) is 11.4 Å². The Morgan fingerprint density at radius 1 is 1.24 bits per heavy atom. The van der Waals surface area contributed by atoms with Gasteiger partial charge >= 0.3 is 0 Å². The van der Waals surface area contributed by atoms with Crippen molar-refractivity contribution in [3.63, 3.8) is 0 Å². The van der Waals surface area contributed by atoms with Gasteiger partial charge in [0.05, 0.1) is 5.02 Å². The fourth-order valence-corrected chi connectivity index (χ4v) is 1.49. The van der Waals surface area contributed by atoms with E-state index in [2.05, 4.69) is 4.98 Å². The largest absolute Gasteiger partial charge is 0.453 e. The first-order valence-electron chi connectivity index (χ1n) is 4.85. The van der Waals surface area contributed by atoms with Gasteiger partial charge in [0.2, 0.25) is 0 Å². The van der Waals surface area contributed by atoms with Gasteiger partial charge in [0.1, 0.15) is 5.75 Å². The molecule has 0 saturated heterocycles. The van der Waals surface area contributed by atoms with Crippen molar-refractivity contribution < 1.29 is 9.53 Å². The highest BCUT2D eigenvalue weighted by atomic mass is 35.5. The lowest BCUT2D eigenvalue weighted by Crippen LogP contribution is -2.14. The first-order chi connectivity index (χ1) is 8.18. The molecule has 4 nitrogen and oxygen atoms in total. The fraction of sp³-hybridized carbons (Fsp3) is 0. The van der Waals surface area contributed by atoms with E-state index in [4.69, 9.17) is 22.1 Å². The van der Waals surface area contributed by atoms with Crippen LogP contribution in [0.3, 0.4) is 0 Å². The summed E-state index contributed by atoms with van der Waals surface area (Å²) >= 11 is 5.95. The minimum absolute atomic E-state index is 0.0151. The minimum Gasteiger partial charge on any atom is -0.453 e. The average molecular weight is 249 g/mol. The summed E-state index contributed by atoms with van der Waals surface area (Å²) < 4.78 is 5.51. The highest BCUT2D eigenvalue weighted by Gasteiger charge is 2.15. The fourth-order valence-electron chi connectivity index (χ4n) is 1.30. The summed E-state index contributed by atoms with van der Waals surface area (Å²) in [6, 6.07) is 10.5. The molecule has 1 amide bonds. The summed E-state index contributed by atoms with van der Waals surface area (Å²) in [6.45, 7) is 0. The van der Waals surface area contributed by atoms with Crippen LogP contribution in [0.1, 0.15) is 10.5 Å². The first-order valence-corrected chi connectivity index (χ1v) is 5.23. The topological polar surface area (TPSA) is 65.2 Å². The number of hydrogen-bond acceptors (Lipinski definition) is 3. The Morgan fingerprint density at radius 3 is 2.59 bits per heavy atom. The molecule has 0 aliphatic heterocycles. The van der Waals surface area contributed by atoms with Crippen molar-refractivity contribution in [3.8, 4) is 11.5 Å². The average Bonchev–Trinajstić information content (AvgIpc) is 2.33. The van der Waals surface area contributed by atoms with Gasteiger partial charge in [-0.3, -0.25) is 4.79 Å². The molecule has 0 aliphatic rings. The second kappa shape index (κ2) is 4.84. The van der Waals surface area contributed by atoms with Gasteiger partial charge < -0.3 is 10.5 Å². The normalized spacial score (nSPS) is 9.94. The summed E-state index contributed by atoms with van der Waals surface area (Å²) in [5.74, 6) is 0.0520. The molecule has 2 N–H and O–H groups in total. The third kappa shape index (κ3) is 2.54. The molecule has 1 aromatic carbocycles. The van der Waals surface area contributed by atoms with Gasteiger partial charge in [0, 0.05) is 6.20 Å². The van der Waals surface area contributed by atoms with Gasteiger partial charge in [-0.15, -0.1) is 0 Å². The van der Waals surface area contributed by atoms with E-state index in [0.717, 1.165) is 0 Å². The van der Waals surface area contributed by atoms with Crippen LogP contribution in [0.4, 0.5) is 0 Å². The number of para-hydroxylation sites is 1. The quantitative estimate of drug-likeness (QED) is 0.908. The molecule has 0 atom stereocenters. The van der Waals surface area contributed by atoms with Crippen LogP contribution in [-0.2, 0) is 0 Å². The van der Waals surface area contributed by atoms with Crippen molar-refractivity contribution in [2.45, 2.75) is 0 Å². The number of ether oxygens (including phenoxy) is 1. The lowest BCUT2D eigenvalue weighted by atomic mass is 10.3. The molecular formula is C12H9ClN2O2. The molecule has 0 fully saturated rings. The van der Waals surface area contributed by atoms with E-state index < -0.39 is 5.91 Å². The van der Waals surface area contributed by atoms with Crippen LogP contribution in [0.15, 0.2) is 42.6 Å². The zero-order valence-electron chi connectivity index (χ0n) is 8.76. The van der Waals surface area contributed by atoms with Gasteiger partial charge in [-0.25, -0.2) is 4.98 Å². The van der Waals surface area contributed by atoms with Gasteiger partial charge in [-0.1, -0.05) is 29.8 Å². The lowest BCUT2D eigenvalue weighted by Gasteiger charge is -2.09. The molecule has 17 heavy (non-hydrogen) atoms. The monoisotopic (exact) mass is 248 g/mol. The van der Waals surface area contributed by atoms with E-state index in [9.17, 15) is 4.79 Å². The minimum atomic E-state index is -0.682. The van der Waals surface area contributed by atoms with Crippen LogP contribution in [-0.4, -0.2) is 10.9 Å². The summed E-state index contributed by atoms with van der Waals surface area (Å²) in [4.78, 5) is 15.0. The summed E-state index contributed by atoms with van der Waals surface area (Å²) in [5, 5.41) is 0.289. The van der Waals surface area contributed by atoms with Crippen molar-refractivity contribution in [1.82, 2.24) is 4.98 Å². The number of halogens is 1. The Morgan fingerprint density at radius 2 is 1.94 bits per heavy atom. The smallest absolute Gasteiger partial charge is 0.271 e. The van der Waals surface area contributed by atoms with Crippen molar-refractivity contribution in [1.29, 1.82) is 0 Å². The van der Waals surface area contributed by atoms with E-state index >= 15 is 0 Å². The summed E-state index contributed by atoms with van der Waals surface area (Å²) in [7, 11) is 0. The van der Waals surface area contributed by atoms with Crippen LogP contribution < -0.4 is 10.5 Å². The Balaban J connectivity index is 2.41. The number of rotatable bonds is 3. The number of carbonyl (C=O) groups excluding carboxylic acids is 1. The lowest BCUT2D eigenvalue weighted by molar-refractivity contribution is 0.0993. The molecule has 0 unspecified atom stereocenters. The van der Waals surface area contributed by atoms with Crippen molar-refractivity contribution in [2.75, 3.05) is 0 Å². The number of pyridine rings is 1. The molecule has 86 valence electrons. The number of amides is 1. The van der Waals surface area contributed by atoms with E-state index in [0.29, 0.717) is 5.75 Å². The molecule has 0 radical (unpaired) electrons. The maximum Gasteiger partial charge on any atom is 0.271 e. The highest BCUT2D eigenvalue weighted by molar-refractivity contribution is 6.32. The number of aromatic nitrogens is 1. The number of carbonyl (C=O) groups is 1. The van der Waals surface area contributed by atoms with E-state index in [1.54, 1.807) is 12.1 Å². The van der Waals surface area contributed by atoms with Crippen molar-refractivity contribution >= 4 is 17.5 Å². The van der Waals surface area contributed by atoms with E-state index in [-0.39, 0.29) is 16.5 Å². The number of hydrogen-bond donors (Lipinski definition) is 1. The van der Waals surface area contributed by atoms with Crippen LogP contribution >= 0.6 is 11.6 Å². The number of primary amides is 1. The predicted octanol–water partition coefficient (Wildman–Crippen LogP) is 2.63. The number of benzene rings is 1. The molecule has 1 aromatic heterocycles. The Kier molecular flexibility index (Phi) is 3.25. The maximum atomic E-state index is 11.2. The van der Waals surface area contributed by atoms with Crippen LogP contribution in [0, 0.1) is 0 Å². The standard InChI is InChI=1S/C12H9ClN2O2/c13-9-6-7-15-10(12(14)16)11(9)17-8-4-2-1-3-5-8/h1-7H,(H2,14,16). The molecule has 1 heterocycles. The second-order valence-corrected chi connectivity index (χ2v) is 3.66. The molecule has 2 rings (SSSR count). The van der Waals surface area contributed by atoms with Crippen LogP contribution in [0.25, 0.3) is 0 Å². The molecule has 2 aromatic rings. The van der Waals surface area contributed by atoms with Gasteiger partial charge in [-0.2, -0.15) is 0 Å². The van der Waals surface area contributed by atoms with Gasteiger partial charge in [0.25, 0.3) is 5.91 Å². The zero-order valence-corrected chi connectivity index (χ0v) is 9.52. The van der Waals surface area contributed by atoms with Crippen molar-refractivity contribution in [2.24, 2.45) is 5.73 Å². The molecule has 0 saturated carbocycles. The van der Waals surface area contributed by atoms with Crippen LogP contribution in [0.5, 0.6) is 11.5 Å². The number of nitrogens with zero attached hydrogens (tertiary/aromatic N) is 1. The number of nitrogens with two attached hydrogens (primary N) is 1. The highest BCUT2D eigenvalue weighted by Crippen LogP contribution is 2.31. The Labute approximate surface area is 103 Å². The van der Waals surface area contributed by atoms with Gasteiger partial charge in [-0.05, 0) is 18.2 Å². The SMILES string of the molecule is NC(=O)c1nccc(Cl)c1Oc1ccccc1. The first kappa shape index (κ1) is 11.4. The van der Waals surface area contributed by atoms with E-state index in [1.165, 1.54) is 12.3 Å². The Hall–Kier alpha value is -2.07. The maximum absolute atomic E-state index is 11.2. The van der Waals surface area contributed by atoms with E-state index in [1.807, 2.05) is 18.2 Å². The Bertz CT molecular complexity index is 543. The van der Waals surface area contributed by atoms with Crippen molar-refractivity contribution in [3.05, 3.63) is 53.3 Å². The summed E-state index contributed by atoms with van der Waals surface area (Å²) in [5.41, 5.74) is 5.21. The third-order valence-corrected chi connectivity index (χ3v) is 2.35. The molecular weight excluding hydrogens is 240 g/mol. The summed E-state index contributed by atoms with van der Waals surface area (Å²) in [6.07, 6.45) is 1.40. The molecule has 0 bridgehead atoms. The van der Waals surface area contributed by atoms with Crippen LogP contribution in [0.2, 0.25) is 5.02 Å². The molecule has 0 spiro atoms. The molecule has 0 aliphatic carbocycles. The second-order valence-electron chi connectivity index (χ2n) is 3.25. The third-order valence-electron chi connectivity index (χ3n) is 2.05. The predicted molar refractivity (Wildman–Crippen MR) is 64.3 cm³/mol.